The Morgan fingerprint density at radius 2 is 2.13 bits per heavy atom. The van der Waals surface area contributed by atoms with Crippen LogP contribution >= 0.6 is 0 Å². The Balaban J connectivity index is 1.32. The molecule has 0 aliphatic carbocycles. The highest BCUT2D eigenvalue weighted by Gasteiger charge is 2.18. The summed E-state index contributed by atoms with van der Waals surface area (Å²) >= 11 is 0. The van der Waals surface area contributed by atoms with Gasteiger partial charge in [-0.1, -0.05) is 25.1 Å². The van der Waals surface area contributed by atoms with E-state index in [9.17, 15) is 9.18 Å². The van der Waals surface area contributed by atoms with E-state index in [4.69, 9.17) is 0 Å². The normalized spacial score (nSPS) is 19.0. The van der Waals surface area contributed by atoms with Crippen molar-refractivity contribution in [1.29, 1.82) is 0 Å². The number of dihydropyridines is 1. The Bertz CT molecular complexity index is 983. The molecular formula is C25H29FN4O. The van der Waals surface area contributed by atoms with Gasteiger partial charge in [-0.3, -0.25) is 9.78 Å². The number of nitrogens with zero attached hydrogens (tertiary/aromatic N) is 2. The van der Waals surface area contributed by atoms with E-state index in [-0.39, 0.29) is 11.7 Å². The number of benzene rings is 1. The number of hydrogen-bond acceptors (Lipinski definition) is 4. The summed E-state index contributed by atoms with van der Waals surface area (Å²) in [4.78, 5) is 19.2. The van der Waals surface area contributed by atoms with Gasteiger partial charge < -0.3 is 15.5 Å². The number of pyridine rings is 1. The zero-order chi connectivity index (χ0) is 21.6. The summed E-state index contributed by atoms with van der Waals surface area (Å²) in [6.45, 7) is 5.18. The van der Waals surface area contributed by atoms with Crippen molar-refractivity contribution >= 4 is 11.6 Å². The average Bonchev–Trinajstić information content (AvgIpc) is 2.99. The van der Waals surface area contributed by atoms with E-state index >= 15 is 0 Å². The fraction of sp³-hybridized carbons (Fsp3) is 0.360. The molecule has 1 saturated heterocycles. The van der Waals surface area contributed by atoms with Gasteiger partial charge in [0.15, 0.2) is 0 Å². The molecule has 1 aromatic heterocycles. The smallest absolute Gasteiger partial charge is 0.228 e. The molecule has 1 amide bonds. The average molecular weight is 421 g/mol. The number of nitrogens with one attached hydrogen (secondary N) is 2. The van der Waals surface area contributed by atoms with Crippen molar-refractivity contribution in [1.82, 2.24) is 15.2 Å². The second-order valence-electron chi connectivity index (χ2n) is 8.42. The minimum atomic E-state index is -0.298. The molecule has 5 nitrogen and oxygen atoms in total. The maximum atomic E-state index is 13.4. The molecule has 162 valence electrons. The van der Waals surface area contributed by atoms with Crippen LogP contribution in [0.3, 0.4) is 0 Å². The first kappa shape index (κ1) is 21.1. The second-order valence-corrected chi connectivity index (χ2v) is 8.42. The van der Waals surface area contributed by atoms with Crippen molar-refractivity contribution in [3.63, 3.8) is 0 Å². The van der Waals surface area contributed by atoms with Crippen LogP contribution in [0.5, 0.6) is 0 Å². The minimum Gasteiger partial charge on any atom is -0.368 e. The first-order valence-electron chi connectivity index (χ1n) is 11.0. The zero-order valence-electron chi connectivity index (χ0n) is 17.9. The largest absolute Gasteiger partial charge is 0.368 e. The molecule has 0 saturated carbocycles. The predicted molar refractivity (Wildman–Crippen MR) is 122 cm³/mol. The molecule has 6 heteroatoms. The van der Waals surface area contributed by atoms with Crippen LogP contribution in [0.4, 0.5) is 10.1 Å². The molecule has 3 heterocycles. The zero-order valence-corrected chi connectivity index (χ0v) is 17.9. The maximum absolute atomic E-state index is 13.4. The van der Waals surface area contributed by atoms with Gasteiger partial charge in [-0.25, -0.2) is 4.39 Å². The van der Waals surface area contributed by atoms with Crippen LogP contribution < -0.4 is 10.6 Å². The number of hydrogen-bond donors (Lipinski definition) is 2. The molecule has 1 fully saturated rings. The number of aromatic nitrogens is 1. The predicted octanol–water partition coefficient (Wildman–Crippen LogP) is 4.71. The molecule has 0 bridgehead atoms. The van der Waals surface area contributed by atoms with E-state index < -0.39 is 0 Å². The summed E-state index contributed by atoms with van der Waals surface area (Å²) in [7, 11) is 0. The van der Waals surface area contributed by atoms with E-state index in [0.717, 1.165) is 30.4 Å². The van der Waals surface area contributed by atoms with E-state index in [2.05, 4.69) is 39.6 Å². The fourth-order valence-corrected chi connectivity index (χ4v) is 4.06. The summed E-state index contributed by atoms with van der Waals surface area (Å²) in [5, 5.41) is 6.37. The number of carbonyl (C=O) groups is 1. The highest BCUT2D eigenvalue weighted by atomic mass is 19.1. The number of rotatable bonds is 5. The Labute approximate surface area is 183 Å². The lowest BCUT2D eigenvalue weighted by Crippen LogP contribution is -2.35. The van der Waals surface area contributed by atoms with Crippen LogP contribution in [-0.2, 0) is 4.79 Å². The Morgan fingerprint density at radius 3 is 2.87 bits per heavy atom. The van der Waals surface area contributed by atoms with Crippen LogP contribution in [-0.4, -0.2) is 35.4 Å². The van der Waals surface area contributed by atoms with Gasteiger partial charge in [-0.2, -0.15) is 0 Å². The lowest BCUT2D eigenvalue weighted by molar-refractivity contribution is -0.115. The molecule has 31 heavy (non-hydrogen) atoms. The van der Waals surface area contributed by atoms with E-state index in [1.54, 1.807) is 30.5 Å². The third kappa shape index (κ3) is 5.72. The highest BCUT2D eigenvalue weighted by Crippen LogP contribution is 2.21. The molecule has 0 radical (unpaired) electrons. The van der Waals surface area contributed by atoms with Gasteiger partial charge in [0.2, 0.25) is 5.91 Å². The van der Waals surface area contributed by atoms with Gasteiger partial charge >= 0.3 is 0 Å². The molecule has 2 N–H and O–H groups in total. The highest BCUT2D eigenvalue weighted by molar-refractivity contribution is 5.92. The number of allylic oxidation sites excluding steroid dienone is 2. The number of halogens is 1. The molecule has 1 unspecified atom stereocenters. The van der Waals surface area contributed by atoms with E-state index in [1.807, 2.05) is 0 Å². The molecule has 2 aliphatic rings. The lowest BCUT2D eigenvalue weighted by atomic mass is 10.0. The quantitative estimate of drug-likeness (QED) is 0.736. The van der Waals surface area contributed by atoms with Crippen molar-refractivity contribution < 1.29 is 9.18 Å². The molecule has 2 aliphatic heterocycles. The topological polar surface area (TPSA) is 57.3 Å². The Kier molecular flexibility index (Phi) is 6.65. The molecule has 0 spiro atoms. The molecule has 1 atom stereocenters. The van der Waals surface area contributed by atoms with Gasteiger partial charge in [0.25, 0.3) is 0 Å². The maximum Gasteiger partial charge on any atom is 0.228 e. The summed E-state index contributed by atoms with van der Waals surface area (Å²) in [5.41, 5.74) is 3.05. The van der Waals surface area contributed by atoms with Crippen molar-refractivity contribution in [3.05, 3.63) is 72.0 Å². The van der Waals surface area contributed by atoms with Crippen LogP contribution in [0.15, 0.2) is 66.1 Å². The van der Waals surface area contributed by atoms with Gasteiger partial charge in [0.1, 0.15) is 11.6 Å². The lowest BCUT2D eigenvalue weighted by Gasteiger charge is -2.29. The second kappa shape index (κ2) is 9.77. The third-order valence-corrected chi connectivity index (χ3v) is 5.89. The molecule has 4 rings (SSSR count). The minimum absolute atomic E-state index is 0.0752. The van der Waals surface area contributed by atoms with Crippen LogP contribution in [0.25, 0.3) is 11.3 Å². The standard InChI is InChI=1S/C25H29FN4O/c1-18-4-3-12-30(13-11-18)24-10-7-19(16-28-24)14-25(31)29-22-8-9-23(27-17-22)20-5-2-6-21(26)15-20/h2,5-10,15,17-18,28H,3-4,11-14,16H2,1H3,(H,29,31). The number of anilines is 1. The van der Waals surface area contributed by atoms with Gasteiger partial charge in [0.05, 0.1) is 17.6 Å². The molecule has 1 aromatic carbocycles. The summed E-state index contributed by atoms with van der Waals surface area (Å²) in [6.07, 6.45) is 9.84. The van der Waals surface area contributed by atoms with Crippen LogP contribution in [0.1, 0.15) is 32.6 Å². The Hall–Kier alpha value is -3.15. The number of likely N-dealkylation sites (tertiary alicyclic amines) is 1. The summed E-state index contributed by atoms with van der Waals surface area (Å²) < 4.78 is 13.4. The SMILES string of the molecule is CC1CCCN(C2=CC=C(CC(=O)Nc3ccc(-c4cccc(F)c4)nc3)CN2)CC1. The van der Waals surface area contributed by atoms with E-state index in [1.165, 1.54) is 31.4 Å². The first-order valence-corrected chi connectivity index (χ1v) is 11.0. The van der Waals surface area contributed by atoms with Crippen LogP contribution in [0, 0.1) is 11.7 Å². The number of amides is 1. The third-order valence-electron chi connectivity index (χ3n) is 5.89. The van der Waals surface area contributed by atoms with Crippen molar-refractivity contribution in [2.24, 2.45) is 5.92 Å². The van der Waals surface area contributed by atoms with Gasteiger partial charge in [0, 0.05) is 31.6 Å². The van der Waals surface area contributed by atoms with Gasteiger partial charge in [-0.05, 0) is 61.1 Å². The number of carbonyl (C=O) groups excluding carboxylic acids is 1. The van der Waals surface area contributed by atoms with Crippen LogP contribution in [0.2, 0.25) is 0 Å². The monoisotopic (exact) mass is 420 g/mol. The van der Waals surface area contributed by atoms with E-state index in [0.29, 0.717) is 29.9 Å². The summed E-state index contributed by atoms with van der Waals surface area (Å²) in [6, 6.07) is 9.87. The van der Waals surface area contributed by atoms with Crippen molar-refractivity contribution in [3.8, 4) is 11.3 Å². The van der Waals surface area contributed by atoms with Gasteiger partial charge in [-0.15, -0.1) is 0 Å². The molecular weight excluding hydrogens is 391 g/mol. The van der Waals surface area contributed by atoms with Crippen molar-refractivity contribution in [2.75, 3.05) is 25.0 Å². The summed E-state index contributed by atoms with van der Waals surface area (Å²) in [5.74, 6) is 1.58. The molecule has 2 aromatic rings. The Morgan fingerprint density at radius 1 is 1.23 bits per heavy atom. The first-order chi connectivity index (χ1) is 15.1. The fourth-order valence-electron chi connectivity index (χ4n) is 4.06. The van der Waals surface area contributed by atoms with Crippen molar-refractivity contribution in [2.45, 2.75) is 32.6 Å².